The molecule has 0 atom stereocenters. The minimum absolute atomic E-state index is 0.0728. The number of amides is 1. The van der Waals surface area contributed by atoms with Crippen LogP contribution in [0.4, 0.5) is 5.82 Å². The minimum atomic E-state index is -3.45. The first kappa shape index (κ1) is 17.3. The Morgan fingerprint density at radius 2 is 1.88 bits per heavy atom. The molecule has 1 amide bonds. The number of nitrogens with zero attached hydrogens (tertiary/aromatic N) is 1. The maximum absolute atomic E-state index is 12.1. The first-order valence-electron chi connectivity index (χ1n) is 7.96. The predicted molar refractivity (Wildman–Crippen MR) is 96.4 cm³/mol. The van der Waals surface area contributed by atoms with Gasteiger partial charge in [-0.15, -0.1) is 0 Å². The van der Waals surface area contributed by atoms with E-state index in [9.17, 15) is 13.2 Å². The molecule has 0 unspecified atom stereocenters. The van der Waals surface area contributed by atoms with Crippen LogP contribution in [0.5, 0.6) is 0 Å². The number of pyridine rings is 1. The monoisotopic (exact) mass is 357 g/mol. The summed E-state index contributed by atoms with van der Waals surface area (Å²) in [6.45, 7) is 1.92. The molecule has 1 aromatic heterocycles. The highest BCUT2D eigenvalue weighted by Crippen LogP contribution is 2.22. The Kier molecular flexibility index (Phi) is 4.96. The van der Waals surface area contributed by atoms with Crippen molar-refractivity contribution < 1.29 is 13.2 Å². The number of aryl methyl sites for hydroxylation is 1. The molecule has 25 heavy (non-hydrogen) atoms. The number of hydrogen-bond donors (Lipinski definition) is 2. The zero-order valence-electron chi connectivity index (χ0n) is 13.8. The van der Waals surface area contributed by atoms with Crippen LogP contribution in [0.1, 0.15) is 24.0 Å². The molecule has 1 fully saturated rings. The van der Waals surface area contributed by atoms with Gasteiger partial charge in [0.25, 0.3) is 0 Å². The molecule has 0 saturated heterocycles. The number of benzene rings is 1. The Morgan fingerprint density at radius 3 is 2.48 bits per heavy atom. The Morgan fingerprint density at radius 1 is 1.16 bits per heavy atom. The molecular weight excluding hydrogens is 338 g/mol. The number of aromatic nitrogens is 1. The minimum Gasteiger partial charge on any atom is -0.307 e. The highest BCUT2D eigenvalue weighted by atomic mass is 32.2. The summed E-state index contributed by atoms with van der Waals surface area (Å²) in [6, 6.07) is 10.1. The molecule has 6 nitrogen and oxygen atoms in total. The van der Waals surface area contributed by atoms with Gasteiger partial charge in [0.05, 0.1) is 4.90 Å². The third kappa shape index (κ3) is 4.98. The molecule has 0 bridgehead atoms. The molecule has 7 heteroatoms. The number of sulfonamides is 1. The van der Waals surface area contributed by atoms with Gasteiger partial charge in [-0.3, -0.25) is 4.79 Å². The third-order valence-corrected chi connectivity index (χ3v) is 5.22. The standard InChI is InChI=1S/C18H19N3O3S/c1-13-2-10-17(19-12-13)20-18(22)11-5-14-3-8-16(9-4-14)25(23,24)21-15-6-7-15/h2-5,8-12,15,21H,6-7H2,1H3,(H,19,20,22)/b11-5+. The van der Waals surface area contributed by atoms with Crippen molar-refractivity contribution in [1.29, 1.82) is 0 Å². The summed E-state index contributed by atoms with van der Waals surface area (Å²) in [4.78, 5) is 16.2. The Labute approximate surface area is 147 Å². The van der Waals surface area contributed by atoms with Gasteiger partial charge >= 0.3 is 0 Å². The lowest BCUT2D eigenvalue weighted by atomic mass is 10.2. The molecule has 2 N–H and O–H groups in total. The summed E-state index contributed by atoms with van der Waals surface area (Å²) >= 11 is 0. The van der Waals surface area contributed by atoms with Crippen LogP contribution in [0.3, 0.4) is 0 Å². The molecule has 0 aliphatic heterocycles. The van der Waals surface area contributed by atoms with Gasteiger partial charge in [-0.25, -0.2) is 18.1 Å². The lowest BCUT2D eigenvalue weighted by Gasteiger charge is -2.05. The van der Waals surface area contributed by atoms with E-state index in [1.807, 2.05) is 13.0 Å². The van der Waals surface area contributed by atoms with E-state index in [0.29, 0.717) is 5.82 Å². The number of nitrogens with one attached hydrogen (secondary N) is 2. The van der Waals surface area contributed by atoms with Gasteiger partial charge in [-0.2, -0.15) is 0 Å². The molecule has 1 aliphatic carbocycles. The summed E-state index contributed by atoms with van der Waals surface area (Å²) < 4.78 is 26.8. The lowest BCUT2D eigenvalue weighted by Crippen LogP contribution is -2.25. The molecule has 1 aliphatic rings. The Balaban J connectivity index is 1.61. The fraction of sp³-hybridized carbons (Fsp3) is 0.222. The van der Waals surface area contributed by atoms with Crippen LogP contribution in [0, 0.1) is 6.92 Å². The van der Waals surface area contributed by atoms with Crippen molar-refractivity contribution in [2.24, 2.45) is 0 Å². The SMILES string of the molecule is Cc1ccc(NC(=O)/C=C/c2ccc(S(=O)(=O)NC3CC3)cc2)nc1. The molecule has 1 saturated carbocycles. The number of carbonyl (C=O) groups excluding carboxylic acids is 1. The summed E-state index contributed by atoms with van der Waals surface area (Å²) in [5.74, 6) is 0.177. The maximum Gasteiger partial charge on any atom is 0.249 e. The number of anilines is 1. The van der Waals surface area contributed by atoms with Gasteiger partial charge in [0, 0.05) is 18.3 Å². The van der Waals surface area contributed by atoms with Gasteiger partial charge in [0.2, 0.25) is 15.9 Å². The third-order valence-electron chi connectivity index (χ3n) is 3.68. The van der Waals surface area contributed by atoms with E-state index in [0.717, 1.165) is 24.0 Å². The second kappa shape index (κ2) is 7.16. The largest absolute Gasteiger partial charge is 0.307 e. The maximum atomic E-state index is 12.1. The van der Waals surface area contributed by atoms with Crippen LogP contribution in [-0.2, 0) is 14.8 Å². The average molecular weight is 357 g/mol. The molecule has 0 radical (unpaired) electrons. The quantitative estimate of drug-likeness (QED) is 0.778. The summed E-state index contributed by atoms with van der Waals surface area (Å²) in [5, 5.41) is 2.66. The zero-order chi connectivity index (χ0) is 17.9. The van der Waals surface area contributed by atoms with Crippen molar-refractivity contribution in [3.05, 3.63) is 59.8 Å². The average Bonchev–Trinajstić information content (AvgIpc) is 3.39. The van der Waals surface area contributed by atoms with Crippen molar-refractivity contribution in [2.45, 2.75) is 30.7 Å². The highest BCUT2D eigenvalue weighted by Gasteiger charge is 2.27. The second-order valence-electron chi connectivity index (χ2n) is 6.01. The predicted octanol–water partition coefficient (Wildman–Crippen LogP) is 2.48. The van der Waals surface area contributed by atoms with Crippen molar-refractivity contribution in [2.75, 3.05) is 5.32 Å². The number of rotatable bonds is 6. The van der Waals surface area contributed by atoms with Crippen molar-refractivity contribution in [3.63, 3.8) is 0 Å². The number of carbonyl (C=O) groups is 1. The van der Waals surface area contributed by atoms with E-state index >= 15 is 0 Å². The smallest absolute Gasteiger partial charge is 0.249 e. The number of hydrogen-bond acceptors (Lipinski definition) is 4. The van der Waals surface area contributed by atoms with Gasteiger partial charge in [-0.1, -0.05) is 18.2 Å². The van der Waals surface area contributed by atoms with Crippen LogP contribution < -0.4 is 10.0 Å². The molecule has 3 rings (SSSR count). The van der Waals surface area contributed by atoms with Crippen LogP contribution in [0.2, 0.25) is 0 Å². The fourth-order valence-electron chi connectivity index (χ4n) is 2.13. The van der Waals surface area contributed by atoms with Crippen LogP contribution >= 0.6 is 0 Å². The van der Waals surface area contributed by atoms with Crippen molar-refractivity contribution in [3.8, 4) is 0 Å². The molecule has 130 valence electrons. The lowest BCUT2D eigenvalue weighted by molar-refractivity contribution is -0.111. The Bertz CT molecular complexity index is 884. The second-order valence-corrected chi connectivity index (χ2v) is 7.72. The first-order chi connectivity index (χ1) is 11.9. The Hall–Kier alpha value is -2.51. The van der Waals surface area contributed by atoms with Crippen molar-refractivity contribution in [1.82, 2.24) is 9.71 Å². The van der Waals surface area contributed by atoms with E-state index in [1.54, 1.807) is 30.5 Å². The van der Waals surface area contributed by atoms with Gasteiger partial charge < -0.3 is 5.32 Å². The summed E-state index contributed by atoms with van der Waals surface area (Å²) in [5.41, 5.74) is 1.75. The van der Waals surface area contributed by atoms with Crippen LogP contribution in [0.25, 0.3) is 6.08 Å². The topological polar surface area (TPSA) is 88.2 Å². The van der Waals surface area contributed by atoms with E-state index < -0.39 is 10.0 Å². The van der Waals surface area contributed by atoms with Gasteiger partial charge in [0.1, 0.15) is 5.82 Å². The van der Waals surface area contributed by atoms with Crippen LogP contribution in [0.15, 0.2) is 53.6 Å². The van der Waals surface area contributed by atoms with Crippen molar-refractivity contribution >= 4 is 27.8 Å². The molecule has 0 spiro atoms. The highest BCUT2D eigenvalue weighted by molar-refractivity contribution is 7.89. The molecule has 2 aromatic rings. The molecule has 1 aromatic carbocycles. The van der Waals surface area contributed by atoms with E-state index in [1.165, 1.54) is 18.2 Å². The summed E-state index contributed by atoms with van der Waals surface area (Å²) in [6.07, 6.45) is 6.46. The van der Waals surface area contributed by atoms with Crippen LogP contribution in [-0.4, -0.2) is 25.4 Å². The fourth-order valence-corrected chi connectivity index (χ4v) is 3.43. The summed E-state index contributed by atoms with van der Waals surface area (Å²) in [7, 11) is -3.45. The molecule has 1 heterocycles. The van der Waals surface area contributed by atoms with E-state index in [4.69, 9.17) is 0 Å². The van der Waals surface area contributed by atoms with Gasteiger partial charge in [-0.05, 0) is 55.2 Å². The molecular formula is C18H19N3O3S. The zero-order valence-corrected chi connectivity index (χ0v) is 14.6. The van der Waals surface area contributed by atoms with E-state index in [-0.39, 0.29) is 16.8 Å². The van der Waals surface area contributed by atoms with E-state index in [2.05, 4.69) is 15.0 Å². The van der Waals surface area contributed by atoms with Gasteiger partial charge in [0.15, 0.2) is 0 Å². The normalized spacial score (nSPS) is 14.6. The first-order valence-corrected chi connectivity index (χ1v) is 9.45.